The SMILES string of the molecule is CC(=O)Oc1cc(OC(C)=O)c2c3cccccc-3c(C#N)c2n1. The van der Waals surface area contributed by atoms with Crippen LogP contribution < -0.4 is 9.47 Å². The first kappa shape index (κ1) is 15.4. The molecule has 0 atom stereocenters. The Balaban J connectivity index is 2.43. The molecule has 0 fully saturated rings. The molecule has 0 saturated heterocycles. The summed E-state index contributed by atoms with van der Waals surface area (Å²) in [5.41, 5.74) is 2.07. The summed E-state index contributed by atoms with van der Waals surface area (Å²) in [6, 6.07) is 12.6. The molecule has 0 unspecified atom stereocenters. The number of nitrogens with zero attached hydrogens (tertiary/aromatic N) is 2. The number of rotatable bonds is 2. The Kier molecular flexibility index (Phi) is 3.84. The van der Waals surface area contributed by atoms with Crippen LogP contribution in [0.1, 0.15) is 19.4 Å². The second-order valence-corrected chi connectivity index (χ2v) is 5.09. The highest BCUT2D eigenvalue weighted by Crippen LogP contribution is 2.43. The number of hydrogen-bond donors (Lipinski definition) is 0. The van der Waals surface area contributed by atoms with Gasteiger partial charge in [0.25, 0.3) is 0 Å². The highest BCUT2D eigenvalue weighted by molar-refractivity contribution is 6.09. The molecular formula is C18H12N2O4. The van der Waals surface area contributed by atoms with E-state index in [0.29, 0.717) is 22.0 Å². The Labute approximate surface area is 137 Å². The van der Waals surface area contributed by atoms with E-state index in [0.717, 1.165) is 5.56 Å². The molecule has 2 aliphatic rings. The fraction of sp³-hybridized carbons (Fsp3) is 0.111. The van der Waals surface area contributed by atoms with Crippen molar-refractivity contribution >= 4 is 22.8 Å². The second kappa shape index (κ2) is 5.97. The predicted octanol–water partition coefficient (Wildman–Crippen LogP) is 3.06. The van der Waals surface area contributed by atoms with Crippen molar-refractivity contribution in [3.63, 3.8) is 0 Å². The summed E-state index contributed by atoms with van der Waals surface area (Å²) in [6.45, 7) is 2.51. The molecule has 0 saturated carbocycles. The smallest absolute Gasteiger partial charge is 0.309 e. The van der Waals surface area contributed by atoms with Gasteiger partial charge >= 0.3 is 11.9 Å². The lowest BCUT2D eigenvalue weighted by atomic mass is 10.1. The van der Waals surface area contributed by atoms with Crippen molar-refractivity contribution in [1.82, 2.24) is 4.98 Å². The number of fused-ring (bicyclic) bond motifs is 3. The van der Waals surface area contributed by atoms with Gasteiger partial charge in [-0.2, -0.15) is 5.26 Å². The van der Waals surface area contributed by atoms with Gasteiger partial charge in [0.2, 0.25) is 5.88 Å². The lowest BCUT2D eigenvalue weighted by Crippen LogP contribution is -2.06. The summed E-state index contributed by atoms with van der Waals surface area (Å²) in [5, 5.41) is 10.1. The molecule has 6 heteroatoms. The minimum atomic E-state index is -0.559. The fourth-order valence-corrected chi connectivity index (χ4v) is 2.60. The summed E-state index contributed by atoms with van der Waals surface area (Å²) in [7, 11) is 0. The van der Waals surface area contributed by atoms with Crippen LogP contribution in [0.4, 0.5) is 0 Å². The number of aromatic nitrogens is 1. The van der Waals surface area contributed by atoms with Crippen molar-refractivity contribution in [2.75, 3.05) is 0 Å². The zero-order valence-corrected chi connectivity index (χ0v) is 13.0. The van der Waals surface area contributed by atoms with Crippen LogP contribution in [-0.2, 0) is 9.59 Å². The number of carbonyl (C=O) groups is 2. The average molecular weight is 320 g/mol. The largest absolute Gasteiger partial charge is 0.426 e. The van der Waals surface area contributed by atoms with Crippen LogP contribution in [0.5, 0.6) is 11.6 Å². The van der Waals surface area contributed by atoms with E-state index in [9.17, 15) is 14.9 Å². The van der Waals surface area contributed by atoms with E-state index in [1.807, 2.05) is 18.2 Å². The minimum absolute atomic E-state index is 0.0255. The molecule has 0 N–H and O–H groups in total. The van der Waals surface area contributed by atoms with Crippen LogP contribution >= 0.6 is 0 Å². The number of nitriles is 1. The quantitative estimate of drug-likeness (QED) is 0.674. The van der Waals surface area contributed by atoms with Crippen molar-refractivity contribution in [1.29, 1.82) is 5.26 Å². The molecule has 0 aliphatic heterocycles. The second-order valence-electron chi connectivity index (χ2n) is 5.09. The van der Waals surface area contributed by atoms with Gasteiger partial charge in [0, 0.05) is 25.5 Å². The molecule has 0 spiro atoms. The van der Waals surface area contributed by atoms with Gasteiger partial charge < -0.3 is 9.47 Å². The van der Waals surface area contributed by atoms with Gasteiger partial charge in [-0.3, -0.25) is 9.59 Å². The summed E-state index contributed by atoms with van der Waals surface area (Å²) in [6.07, 6.45) is 0. The van der Waals surface area contributed by atoms with Crippen molar-refractivity contribution < 1.29 is 19.1 Å². The molecule has 24 heavy (non-hydrogen) atoms. The Morgan fingerprint density at radius 1 is 1.04 bits per heavy atom. The van der Waals surface area contributed by atoms with Gasteiger partial charge in [-0.05, 0) is 5.56 Å². The Morgan fingerprint density at radius 3 is 2.33 bits per heavy atom. The standard InChI is InChI=1S/C18H12N2O4/c1-10(21)23-15-8-16(24-11(2)22)20-18-14(9-19)12-6-4-3-5-7-13(12)17(15)18/h3-8H,1-2H3. The van der Waals surface area contributed by atoms with Crippen molar-refractivity contribution in [3.8, 4) is 28.8 Å². The maximum atomic E-state index is 11.4. The van der Waals surface area contributed by atoms with E-state index in [2.05, 4.69) is 11.1 Å². The van der Waals surface area contributed by atoms with E-state index < -0.39 is 11.9 Å². The molecule has 0 aromatic carbocycles. The van der Waals surface area contributed by atoms with Crippen molar-refractivity contribution in [3.05, 3.63) is 42.0 Å². The fourth-order valence-electron chi connectivity index (χ4n) is 2.60. The van der Waals surface area contributed by atoms with Gasteiger partial charge in [0.05, 0.1) is 16.5 Å². The van der Waals surface area contributed by atoms with Crippen LogP contribution in [0.2, 0.25) is 0 Å². The van der Waals surface area contributed by atoms with Crippen molar-refractivity contribution in [2.24, 2.45) is 0 Å². The molecule has 2 aliphatic carbocycles. The highest BCUT2D eigenvalue weighted by Gasteiger charge is 2.23. The topological polar surface area (TPSA) is 89.3 Å². The Morgan fingerprint density at radius 2 is 1.71 bits per heavy atom. The maximum Gasteiger partial charge on any atom is 0.309 e. The lowest BCUT2D eigenvalue weighted by Gasteiger charge is -2.07. The van der Waals surface area contributed by atoms with E-state index in [1.54, 1.807) is 12.1 Å². The Bertz CT molecular complexity index is 988. The summed E-state index contributed by atoms with van der Waals surface area (Å²) in [5.74, 6) is -0.912. The van der Waals surface area contributed by atoms with E-state index >= 15 is 0 Å². The normalized spacial score (nSPS) is 10.4. The van der Waals surface area contributed by atoms with E-state index in [4.69, 9.17) is 9.47 Å². The number of carbonyl (C=O) groups excluding carboxylic acids is 2. The van der Waals surface area contributed by atoms with Crippen LogP contribution in [0.25, 0.3) is 22.0 Å². The van der Waals surface area contributed by atoms with Crippen LogP contribution in [-0.4, -0.2) is 16.9 Å². The van der Waals surface area contributed by atoms with Crippen LogP contribution in [0, 0.1) is 11.3 Å². The molecule has 1 heterocycles. The number of hydrogen-bond acceptors (Lipinski definition) is 6. The number of ether oxygens (including phenoxy) is 2. The first-order valence-electron chi connectivity index (χ1n) is 7.13. The zero-order chi connectivity index (χ0) is 17.3. The van der Waals surface area contributed by atoms with E-state index in [1.165, 1.54) is 19.9 Å². The minimum Gasteiger partial charge on any atom is -0.426 e. The zero-order valence-electron chi connectivity index (χ0n) is 13.0. The van der Waals surface area contributed by atoms with E-state index in [-0.39, 0.29) is 11.6 Å². The molecule has 6 nitrogen and oxygen atoms in total. The number of esters is 2. The molecular weight excluding hydrogens is 308 g/mol. The lowest BCUT2D eigenvalue weighted by molar-refractivity contribution is -0.132. The van der Waals surface area contributed by atoms with Crippen LogP contribution in [0.15, 0.2) is 36.4 Å². The molecule has 0 bridgehead atoms. The molecule has 118 valence electrons. The third-order valence-corrected chi connectivity index (χ3v) is 3.39. The summed E-state index contributed by atoms with van der Waals surface area (Å²) >= 11 is 0. The molecule has 0 radical (unpaired) electrons. The van der Waals surface area contributed by atoms with Gasteiger partial charge in [-0.1, -0.05) is 30.3 Å². The molecule has 1 aromatic heterocycles. The van der Waals surface area contributed by atoms with Gasteiger partial charge in [-0.25, -0.2) is 4.98 Å². The molecule has 1 aromatic rings. The Hall–Kier alpha value is -3.46. The van der Waals surface area contributed by atoms with Gasteiger partial charge in [0.15, 0.2) is 0 Å². The van der Waals surface area contributed by atoms with Gasteiger partial charge in [-0.15, -0.1) is 0 Å². The van der Waals surface area contributed by atoms with Crippen LogP contribution in [0.3, 0.4) is 0 Å². The summed E-state index contributed by atoms with van der Waals surface area (Å²) in [4.78, 5) is 26.9. The number of pyridine rings is 1. The highest BCUT2D eigenvalue weighted by atomic mass is 16.5. The predicted molar refractivity (Wildman–Crippen MR) is 85.7 cm³/mol. The van der Waals surface area contributed by atoms with Gasteiger partial charge in [0.1, 0.15) is 11.8 Å². The average Bonchev–Trinajstić information content (AvgIpc) is 2.64. The maximum absolute atomic E-state index is 11.4. The third kappa shape index (κ3) is 2.63. The first-order chi connectivity index (χ1) is 11.5. The summed E-state index contributed by atoms with van der Waals surface area (Å²) < 4.78 is 10.3. The third-order valence-electron chi connectivity index (χ3n) is 3.39. The first-order valence-corrected chi connectivity index (χ1v) is 7.13. The molecule has 3 rings (SSSR count). The monoisotopic (exact) mass is 320 g/mol. The van der Waals surface area contributed by atoms with Crippen molar-refractivity contribution in [2.45, 2.75) is 13.8 Å². The molecule has 0 amide bonds.